The van der Waals surface area contributed by atoms with Crippen LogP contribution in [0.25, 0.3) is 0 Å². The van der Waals surface area contributed by atoms with E-state index in [-0.39, 0.29) is 8.80 Å². The average Bonchev–Trinajstić information content (AvgIpc) is 1.97. The molecule has 0 radical (unpaired) electrons. The fourth-order valence-corrected chi connectivity index (χ4v) is 2.55. The van der Waals surface area contributed by atoms with Crippen LogP contribution in [0.4, 0.5) is 0 Å². The Bertz CT molecular complexity index is 78.9. The third-order valence-electron chi connectivity index (χ3n) is 2.29. The van der Waals surface area contributed by atoms with Crippen molar-refractivity contribution in [2.45, 2.75) is 58.7 Å². The van der Waals surface area contributed by atoms with Crippen molar-refractivity contribution in [1.29, 1.82) is 0 Å². The lowest BCUT2D eigenvalue weighted by Gasteiger charge is -2.11. The monoisotopic (exact) mass is 172 g/mol. The second kappa shape index (κ2) is 6.90. The minimum Gasteiger partial charge on any atom is -0.0722 e. The summed E-state index contributed by atoms with van der Waals surface area (Å²) in [6, 6.07) is 1.55. The maximum absolute atomic E-state index is 2.45. The number of hydrogen-bond donors (Lipinski definition) is 0. The molecule has 0 saturated heterocycles. The van der Waals surface area contributed by atoms with Crippen molar-refractivity contribution in [2.24, 2.45) is 5.92 Å². The largest absolute Gasteiger partial charge is 0.0722 e. The summed E-state index contributed by atoms with van der Waals surface area (Å²) in [4.78, 5) is 0. The van der Waals surface area contributed by atoms with E-state index >= 15 is 0 Å². The van der Waals surface area contributed by atoms with E-state index in [1.54, 1.807) is 6.04 Å². The van der Waals surface area contributed by atoms with Crippen molar-refractivity contribution < 1.29 is 0 Å². The van der Waals surface area contributed by atoms with Gasteiger partial charge in [-0.05, 0) is 5.92 Å². The summed E-state index contributed by atoms with van der Waals surface area (Å²) in [6.45, 7) is 9.59. The summed E-state index contributed by atoms with van der Waals surface area (Å²) in [6.07, 6.45) is 5.74. The first kappa shape index (κ1) is 11.2. The zero-order valence-corrected chi connectivity index (χ0v) is 9.84. The number of hydrogen-bond acceptors (Lipinski definition) is 0. The highest BCUT2D eigenvalue weighted by molar-refractivity contribution is 6.55. The van der Waals surface area contributed by atoms with Crippen LogP contribution in [-0.2, 0) is 0 Å². The molecule has 0 aromatic heterocycles. The van der Waals surface area contributed by atoms with Crippen molar-refractivity contribution in [1.82, 2.24) is 0 Å². The second-order valence-corrected chi connectivity index (χ2v) is 7.58. The zero-order chi connectivity index (χ0) is 8.69. The Balaban J connectivity index is 3.15. The van der Waals surface area contributed by atoms with Crippen LogP contribution in [0.1, 0.15) is 39.5 Å². The smallest absolute Gasteiger partial charge is 0.0305 e. The highest BCUT2D eigenvalue weighted by Gasteiger charge is 2.02. The molecule has 0 aliphatic carbocycles. The van der Waals surface area contributed by atoms with E-state index < -0.39 is 0 Å². The highest BCUT2D eigenvalue weighted by Crippen LogP contribution is 2.15. The molecule has 0 nitrogen and oxygen atoms in total. The zero-order valence-electron chi connectivity index (χ0n) is 8.69. The lowest BCUT2D eigenvalue weighted by atomic mass is 10.0. The van der Waals surface area contributed by atoms with Crippen LogP contribution in [0.5, 0.6) is 0 Å². The van der Waals surface area contributed by atoms with Gasteiger partial charge in [0.15, 0.2) is 0 Å². The van der Waals surface area contributed by atoms with Gasteiger partial charge in [-0.2, -0.15) is 0 Å². The van der Waals surface area contributed by atoms with E-state index in [2.05, 4.69) is 26.9 Å². The van der Waals surface area contributed by atoms with Crippen LogP contribution in [0.15, 0.2) is 0 Å². The minimum absolute atomic E-state index is 0.261. The maximum Gasteiger partial charge on any atom is 0.0305 e. The van der Waals surface area contributed by atoms with Crippen LogP contribution >= 0.6 is 0 Å². The van der Waals surface area contributed by atoms with E-state index in [1.807, 2.05) is 0 Å². The SMILES string of the molecule is CCCCC(C)CC[SiH](C)C. The van der Waals surface area contributed by atoms with E-state index in [4.69, 9.17) is 0 Å². The van der Waals surface area contributed by atoms with Gasteiger partial charge in [-0.15, -0.1) is 0 Å². The van der Waals surface area contributed by atoms with Gasteiger partial charge in [0, 0.05) is 8.80 Å². The Kier molecular flexibility index (Phi) is 7.03. The molecule has 0 fully saturated rings. The minimum atomic E-state index is -0.261. The molecule has 0 aliphatic heterocycles. The van der Waals surface area contributed by atoms with E-state index in [0.717, 1.165) is 5.92 Å². The van der Waals surface area contributed by atoms with E-state index in [0.29, 0.717) is 0 Å². The van der Waals surface area contributed by atoms with Crippen molar-refractivity contribution in [3.05, 3.63) is 0 Å². The normalized spacial score (nSPS) is 13.9. The second-order valence-electron chi connectivity index (χ2n) is 4.22. The molecule has 0 aromatic carbocycles. The Hall–Kier alpha value is 0.217. The van der Waals surface area contributed by atoms with Crippen molar-refractivity contribution in [2.75, 3.05) is 0 Å². The Morgan fingerprint density at radius 1 is 1.18 bits per heavy atom. The molecule has 0 bridgehead atoms. The standard InChI is InChI=1S/C10H24Si/c1-5-6-7-10(2)8-9-11(3)4/h10-11H,5-9H2,1-4H3. The lowest BCUT2D eigenvalue weighted by Crippen LogP contribution is -2.03. The first-order valence-electron chi connectivity index (χ1n) is 5.16. The summed E-state index contributed by atoms with van der Waals surface area (Å²) in [5, 5.41) is 0. The molecule has 68 valence electrons. The van der Waals surface area contributed by atoms with E-state index in [1.165, 1.54) is 25.7 Å². The first-order chi connectivity index (χ1) is 5.16. The fourth-order valence-electron chi connectivity index (χ4n) is 1.31. The molecule has 1 unspecified atom stereocenters. The summed E-state index contributed by atoms with van der Waals surface area (Å²) in [5.41, 5.74) is 0. The average molecular weight is 172 g/mol. The van der Waals surface area contributed by atoms with Gasteiger partial charge in [-0.1, -0.05) is 58.7 Å². The number of rotatable bonds is 6. The van der Waals surface area contributed by atoms with Gasteiger partial charge >= 0.3 is 0 Å². The maximum atomic E-state index is 2.45. The van der Waals surface area contributed by atoms with Gasteiger partial charge in [0.25, 0.3) is 0 Å². The van der Waals surface area contributed by atoms with Gasteiger partial charge in [0.1, 0.15) is 0 Å². The third-order valence-corrected chi connectivity index (χ3v) is 3.78. The van der Waals surface area contributed by atoms with Crippen LogP contribution in [0.2, 0.25) is 19.1 Å². The Morgan fingerprint density at radius 3 is 2.27 bits per heavy atom. The fraction of sp³-hybridized carbons (Fsp3) is 1.00. The summed E-state index contributed by atoms with van der Waals surface area (Å²) in [7, 11) is -0.261. The van der Waals surface area contributed by atoms with Crippen LogP contribution in [0.3, 0.4) is 0 Å². The molecule has 1 heteroatoms. The molecule has 0 N–H and O–H groups in total. The van der Waals surface area contributed by atoms with Crippen molar-refractivity contribution in [3.8, 4) is 0 Å². The van der Waals surface area contributed by atoms with Crippen LogP contribution in [0, 0.1) is 5.92 Å². The molecule has 0 saturated carbocycles. The van der Waals surface area contributed by atoms with Gasteiger partial charge < -0.3 is 0 Å². The molecule has 1 atom stereocenters. The molecule has 0 heterocycles. The molecular formula is C10H24Si. The molecule has 0 aliphatic rings. The van der Waals surface area contributed by atoms with Crippen molar-refractivity contribution in [3.63, 3.8) is 0 Å². The third kappa shape index (κ3) is 8.12. The molecular weight excluding hydrogens is 148 g/mol. The van der Waals surface area contributed by atoms with Gasteiger partial charge in [-0.25, -0.2) is 0 Å². The predicted octanol–water partition coefficient (Wildman–Crippen LogP) is 3.69. The van der Waals surface area contributed by atoms with E-state index in [9.17, 15) is 0 Å². The summed E-state index contributed by atoms with van der Waals surface area (Å²) in [5.74, 6) is 0.991. The molecule has 0 amide bonds. The topological polar surface area (TPSA) is 0 Å². The Labute approximate surface area is 74.0 Å². The van der Waals surface area contributed by atoms with Crippen LogP contribution < -0.4 is 0 Å². The molecule has 0 rings (SSSR count). The summed E-state index contributed by atoms with van der Waals surface area (Å²) >= 11 is 0. The quantitative estimate of drug-likeness (QED) is 0.536. The molecule has 0 aromatic rings. The van der Waals surface area contributed by atoms with Crippen LogP contribution in [-0.4, -0.2) is 8.80 Å². The van der Waals surface area contributed by atoms with Gasteiger partial charge in [0.2, 0.25) is 0 Å². The van der Waals surface area contributed by atoms with Gasteiger partial charge in [-0.3, -0.25) is 0 Å². The molecule has 11 heavy (non-hydrogen) atoms. The summed E-state index contributed by atoms with van der Waals surface area (Å²) < 4.78 is 0. The van der Waals surface area contributed by atoms with Crippen molar-refractivity contribution >= 4 is 8.80 Å². The predicted molar refractivity (Wildman–Crippen MR) is 57.0 cm³/mol. The first-order valence-corrected chi connectivity index (χ1v) is 8.29. The number of unbranched alkanes of at least 4 members (excludes halogenated alkanes) is 1. The highest BCUT2D eigenvalue weighted by atomic mass is 28.3. The lowest BCUT2D eigenvalue weighted by molar-refractivity contribution is 0.490. The van der Waals surface area contributed by atoms with Gasteiger partial charge in [0.05, 0.1) is 0 Å². The molecule has 0 spiro atoms. The Morgan fingerprint density at radius 2 is 1.82 bits per heavy atom.